The Kier molecular flexibility index (Phi) is 15.7. The van der Waals surface area contributed by atoms with Crippen LogP contribution >= 0.6 is 37.9 Å². The van der Waals surface area contributed by atoms with Crippen LogP contribution in [0.3, 0.4) is 0 Å². The fourth-order valence-corrected chi connectivity index (χ4v) is 2.67. The van der Waals surface area contributed by atoms with Crippen molar-refractivity contribution in [1.82, 2.24) is 0 Å². The van der Waals surface area contributed by atoms with Crippen LogP contribution in [-0.2, 0) is 28.6 Å². The third kappa shape index (κ3) is 12.2. The Bertz CT molecular complexity index is 407. The number of carbonyl (C=O) groups is 3. The molecule has 0 aromatic heterocycles. The lowest BCUT2D eigenvalue weighted by molar-refractivity contribution is -0.153. The summed E-state index contributed by atoms with van der Waals surface area (Å²) in [7, 11) is 0. The minimum Gasteiger partial charge on any atom is -0.465 e. The average Bonchev–Trinajstić information content (AvgIpc) is 2.60. The Hall–Kier alpha value is -0.220. The Morgan fingerprint density at radius 3 is 1.62 bits per heavy atom. The molecule has 0 rings (SSSR count). The second kappa shape index (κ2) is 15.8. The second-order valence-corrected chi connectivity index (χ2v) is 7.34. The topological polar surface area (TPSA) is 78.9 Å². The molecule has 0 N–H and O–H groups in total. The number of hydrogen-bond donors (Lipinski definition) is 3. The molecule has 0 amide bonds. The molecule has 0 aliphatic carbocycles. The fraction of sp³-hybridized carbons (Fsp3) is 0.824. The van der Waals surface area contributed by atoms with Crippen LogP contribution < -0.4 is 0 Å². The zero-order valence-corrected chi connectivity index (χ0v) is 18.0. The predicted molar refractivity (Wildman–Crippen MR) is 111 cm³/mol. The summed E-state index contributed by atoms with van der Waals surface area (Å²) in [6.45, 7) is 2.35. The van der Waals surface area contributed by atoms with Crippen LogP contribution in [0.4, 0.5) is 0 Å². The van der Waals surface area contributed by atoms with Gasteiger partial charge in [0.25, 0.3) is 0 Å². The molecule has 0 aliphatic heterocycles. The van der Waals surface area contributed by atoms with Crippen molar-refractivity contribution in [3.8, 4) is 0 Å². The van der Waals surface area contributed by atoms with Gasteiger partial charge < -0.3 is 14.2 Å². The van der Waals surface area contributed by atoms with E-state index in [0.717, 1.165) is 0 Å². The molecule has 0 fully saturated rings. The summed E-state index contributed by atoms with van der Waals surface area (Å²) in [6.07, 6.45) is 1.50. The molecule has 0 atom stereocenters. The first-order chi connectivity index (χ1) is 12.4. The van der Waals surface area contributed by atoms with Crippen molar-refractivity contribution in [3.05, 3.63) is 0 Å². The van der Waals surface area contributed by atoms with E-state index >= 15 is 0 Å². The summed E-state index contributed by atoms with van der Waals surface area (Å²) in [5.74, 6) is 0.915. The normalized spacial score (nSPS) is 11.4. The quantitative estimate of drug-likeness (QED) is 0.244. The van der Waals surface area contributed by atoms with Crippen molar-refractivity contribution in [2.24, 2.45) is 5.41 Å². The van der Waals surface area contributed by atoms with Gasteiger partial charge in [-0.1, -0.05) is 6.92 Å². The largest absolute Gasteiger partial charge is 0.465 e. The van der Waals surface area contributed by atoms with Crippen molar-refractivity contribution in [2.45, 2.75) is 32.6 Å². The van der Waals surface area contributed by atoms with Crippen molar-refractivity contribution in [3.63, 3.8) is 0 Å². The Balaban J connectivity index is 4.70. The molecular formula is C17H30O6S3. The van der Waals surface area contributed by atoms with Crippen LogP contribution in [0.1, 0.15) is 32.6 Å². The molecule has 0 aliphatic rings. The zero-order chi connectivity index (χ0) is 19.8. The van der Waals surface area contributed by atoms with Gasteiger partial charge in [0.1, 0.15) is 19.8 Å². The van der Waals surface area contributed by atoms with E-state index in [0.29, 0.717) is 36.5 Å². The molecule has 0 aromatic carbocycles. The van der Waals surface area contributed by atoms with E-state index in [9.17, 15) is 14.4 Å². The third-order valence-corrected chi connectivity index (χ3v) is 4.40. The van der Waals surface area contributed by atoms with Gasteiger partial charge in [0, 0.05) is 18.6 Å². The van der Waals surface area contributed by atoms with Crippen LogP contribution in [0.2, 0.25) is 0 Å². The molecule has 0 saturated carbocycles. The monoisotopic (exact) mass is 426 g/mol. The van der Waals surface area contributed by atoms with Crippen molar-refractivity contribution in [2.75, 3.05) is 50.3 Å². The third-order valence-electron chi connectivity index (χ3n) is 3.73. The highest BCUT2D eigenvalue weighted by Crippen LogP contribution is 2.24. The molecule has 0 saturated heterocycles. The van der Waals surface area contributed by atoms with Crippen molar-refractivity contribution in [1.29, 1.82) is 0 Å². The van der Waals surface area contributed by atoms with Gasteiger partial charge in [-0.3, -0.25) is 14.4 Å². The SMILES string of the molecule is CCC(COCC(=O)CCS)(COCC(=O)CCS)COC(=O)CCS. The fourth-order valence-electron chi connectivity index (χ4n) is 1.98. The van der Waals surface area contributed by atoms with E-state index in [1.807, 2.05) is 6.92 Å². The van der Waals surface area contributed by atoms with Crippen LogP contribution in [0, 0.1) is 5.41 Å². The highest BCUT2D eigenvalue weighted by atomic mass is 32.1. The van der Waals surface area contributed by atoms with E-state index in [1.54, 1.807) is 0 Å². The van der Waals surface area contributed by atoms with Gasteiger partial charge in [-0.05, 0) is 17.9 Å². The molecule has 0 heterocycles. The van der Waals surface area contributed by atoms with E-state index in [4.69, 9.17) is 14.2 Å². The van der Waals surface area contributed by atoms with Crippen LogP contribution in [0.5, 0.6) is 0 Å². The van der Waals surface area contributed by atoms with Crippen molar-refractivity contribution >= 4 is 55.4 Å². The number of hydrogen-bond acceptors (Lipinski definition) is 9. The lowest BCUT2D eigenvalue weighted by Gasteiger charge is -2.31. The van der Waals surface area contributed by atoms with Gasteiger partial charge in [0.2, 0.25) is 0 Å². The number of rotatable bonds is 17. The summed E-state index contributed by atoms with van der Waals surface area (Å²) in [4.78, 5) is 34.8. The van der Waals surface area contributed by atoms with Gasteiger partial charge in [-0.25, -0.2) is 0 Å². The maximum atomic E-state index is 11.7. The van der Waals surface area contributed by atoms with Crippen molar-refractivity contribution < 1.29 is 28.6 Å². The summed E-state index contributed by atoms with van der Waals surface area (Å²) < 4.78 is 16.4. The molecule has 152 valence electrons. The Labute approximate surface area is 172 Å². The van der Waals surface area contributed by atoms with Crippen LogP contribution in [0.15, 0.2) is 0 Å². The summed E-state index contributed by atoms with van der Waals surface area (Å²) in [5.41, 5.74) is -0.616. The van der Waals surface area contributed by atoms with Crippen LogP contribution in [0.25, 0.3) is 0 Å². The first kappa shape index (κ1) is 25.8. The smallest absolute Gasteiger partial charge is 0.306 e. The number of esters is 1. The maximum absolute atomic E-state index is 11.7. The number of Topliss-reactive ketones (excluding diaryl/α,β-unsaturated/α-hetero) is 2. The van der Waals surface area contributed by atoms with Gasteiger partial charge in [-0.15, -0.1) is 0 Å². The molecule has 0 radical (unpaired) electrons. The number of ether oxygens (including phenoxy) is 3. The molecule has 0 unspecified atom stereocenters. The van der Waals surface area contributed by atoms with Gasteiger partial charge in [-0.2, -0.15) is 37.9 Å². The van der Waals surface area contributed by atoms with Gasteiger partial charge >= 0.3 is 5.97 Å². The number of thiol groups is 3. The standard InChI is InChI=1S/C17H30O6S3/c1-2-17(13-23-16(20)5-8-26,11-21-9-14(18)3-6-24)12-22-10-15(19)4-7-25/h24-26H,2-13H2,1H3. The van der Waals surface area contributed by atoms with E-state index in [1.165, 1.54) is 0 Å². The minimum atomic E-state index is -0.616. The van der Waals surface area contributed by atoms with E-state index in [2.05, 4.69) is 37.9 Å². The molecular weight excluding hydrogens is 396 g/mol. The molecule has 0 bridgehead atoms. The lowest BCUT2D eigenvalue weighted by atomic mass is 9.88. The Morgan fingerprint density at radius 2 is 1.23 bits per heavy atom. The molecule has 26 heavy (non-hydrogen) atoms. The number of carbonyl (C=O) groups excluding carboxylic acids is 3. The summed E-state index contributed by atoms with van der Waals surface area (Å²) in [5, 5.41) is 0. The van der Waals surface area contributed by atoms with E-state index in [-0.39, 0.29) is 57.0 Å². The average molecular weight is 427 g/mol. The highest BCUT2D eigenvalue weighted by Gasteiger charge is 2.31. The summed E-state index contributed by atoms with van der Waals surface area (Å²) in [6, 6.07) is 0. The van der Waals surface area contributed by atoms with Crippen LogP contribution in [-0.4, -0.2) is 67.8 Å². The first-order valence-corrected chi connectivity index (χ1v) is 10.5. The summed E-state index contributed by atoms with van der Waals surface area (Å²) >= 11 is 12.0. The van der Waals surface area contributed by atoms with Gasteiger partial charge in [0.05, 0.1) is 25.0 Å². The Morgan fingerprint density at radius 1 is 0.769 bits per heavy atom. The highest BCUT2D eigenvalue weighted by molar-refractivity contribution is 7.80. The second-order valence-electron chi connectivity index (χ2n) is 6.00. The first-order valence-electron chi connectivity index (χ1n) is 8.60. The predicted octanol–water partition coefficient (Wildman–Crippen LogP) is 2.06. The molecule has 0 spiro atoms. The van der Waals surface area contributed by atoms with Gasteiger partial charge in [0.15, 0.2) is 11.6 Å². The molecule has 6 nitrogen and oxygen atoms in total. The maximum Gasteiger partial charge on any atom is 0.306 e. The van der Waals surface area contributed by atoms with E-state index < -0.39 is 5.41 Å². The lowest BCUT2D eigenvalue weighted by Crippen LogP contribution is -2.38. The zero-order valence-electron chi connectivity index (χ0n) is 15.3. The minimum absolute atomic E-state index is 0.0223. The molecule has 9 heteroatoms. The number of ketones is 2. The molecule has 0 aromatic rings.